The summed E-state index contributed by atoms with van der Waals surface area (Å²) in [4.78, 5) is 16.9. The van der Waals surface area contributed by atoms with E-state index < -0.39 is 0 Å². The van der Waals surface area contributed by atoms with Crippen LogP contribution in [0.15, 0.2) is 52.3 Å². The van der Waals surface area contributed by atoms with Gasteiger partial charge in [0.25, 0.3) is 0 Å². The maximum absolute atomic E-state index is 12.5. The summed E-state index contributed by atoms with van der Waals surface area (Å²) in [6.07, 6.45) is 0. The molecule has 2 heterocycles. The first-order valence-electron chi connectivity index (χ1n) is 6.57. The van der Waals surface area contributed by atoms with Crippen molar-refractivity contribution in [3.05, 3.63) is 58.3 Å². The molecule has 20 heavy (non-hydrogen) atoms. The highest BCUT2D eigenvalue weighted by molar-refractivity contribution is 7.24. The van der Waals surface area contributed by atoms with Gasteiger partial charge in [-0.25, -0.2) is 0 Å². The third-order valence-corrected chi connectivity index (χ3v) is 4.66. The van der Waals surface area contributed by atoms with E-state index in [9.17, 15) is 4.79 Å². The van der Waals surface area contributed by atoms with E-state index in [4.69, 9.17) is 0 Å². The Hall–Kier alpha value is -2.20. The smallest absolute Gasteiger partial charge is 0.195 e. The normalized spacial score (nSPS) is 14.5. The van der Waals surface area contributed by atoms with Crippen molar-refractivity contribution < 1.29 is 0 Å². The Bertz CT molecular complexity index is 911. The van der Waals surface area contributed by atoms with Crippen LogP contribution in [0.2, 0.25) is 0 Å². The molecule has 0 saturated heterocycles. The summed E-state index contributed by atoms with van der Waals surface area (Å²) in [5.41, 5.74) is 1.17. The number of hydrogen-bond acceptors (Lipinski definition) is 4. The quantitative estimate of drug-likeness (QED) is 0.696. The highest BCUT2D eigenvalue weighted by Gasteiger charge is 2.11. The highest BCUT2D eigenvalue weighted by Crippen LogP contribution is 2.25. The minimum atomic E-state index is 0.113. The summed E-state index contributed by atoms with van der Waals surface area (Å²) in [6.45, 7) is 1.71. The lowest BCUT2D eigenvalue weighted by Crippen LogP contribution is -2.19. The van der Waals surface area contributed by atoms with Gasteiger partial charge in [0.2, 0.25) is 0 Å². The summed E-state index contributed by atoms with van der Waals surface area (Å²) in [6, 6.07) is 13.7. The first-order chi connectivity index (χ1) is 9.83. The van der Waals surface area contributed by atoms with Gasteiger partial charge in [0.15, 0.2) is 5.43 Å². The molecule has 0 atom stereocenters. The second-order valence-electron chi connectivity index (χ2n) is 4.80. The molecule has 3 nitrogen and oxygen atoms in total. The fourth-order valence-corrected chi connectivity index (χ4v) is 3.65. The van der Waals surface area contributed by atoms with Gasteiger partial charge in [-0.1, -0.05) is 18.2 Å². The van der Waals surface area contributed by atoms with Gasteiger partial charge in [-0.15, -0.1) is 11.3 Å². The Morgan fingerprint density at radius 3 is 2.75 bits per heavy atom. The van der Waals surface area contributed by atoms with Gasteiger partial charge in [-0.2, -0.15) is 0 Å². The van der Waals surface area contributed by atoms with E-state index in [0.717, 1.165) is 44.7 Å². The van der Waals surface area contributed by atoms with Gasteiger partial charge in [0.05, 0.1) is 6.54 Å². The van der Waals surface area contributed by atoms with Crippen LogP contribution in [0.1, 0.15) is 5.56 Å². The molecule has 3 aromatic rings. The van der Waals surface area contributed by atoms with Crippen LogP contribution in [0.4, 0.5) is 0 Å². The first-order valence-corrected chi connectivity index (χ1v) is 7.39. The monoisotopic (exact) mass is 280 g/mol. The summed E-state index contributed by atoms with van der Waals surface area (Å²) in [5, 5.41) is 4.85. The molecule has 0 fully saturated rings. The maximum atomic E-state index is 12.5. The number of nitrogens with zero attached hydrogens (tertiary/aromatic N) is 1. The van der Waals surface area contributed by atoms with E-state index in [2.05, 4.69) is 16.4 Å². The summed E-state index contributed by atoms with van der Waals surface area (Å²) in [7, 11) is 0. The van der Waals surface area contributed by atoms with Crippen LogP contribution in [0.3, 0.4) is 0 Å². The largest absolute Gasteiger partial charge is 0.368 e. The lowest BCUT2D eigenvalue weighted by molar-refractivity contribution is 0.960. The second-order valence-corrected chi connectivity index (χ2v) is 5.88. The van der Waals surface area contributed by atoms with Gasteiger partial charge < -0.3 is 5.32 Å². The molecule has 98 valence electrons. The average Bonchev–Trinajstić information content (AvgIpc) is 3.01. The molecule has 0 radical (unpaired) electrons. The third kappa shape index (κ3) is 1.72. The van der Waals surface area contributed by atoms with Gasteiger partial charge in [-0.05, 0) is 24.3 Å². The lowest BCUT2D eigenvalue weighted by Gasteiger charge is -2.05. The minimum absolute atomic E-state index is 0.113. The first kappa shape index (κ1) is 11.6. The molecule has 1 aromatic heterocycles. The molecule has 4 rings (SSSR count). The Kier molecular flexibility index (Phi) is 2.57. The summed E-state index contributed by atoms with van der Waals surface area (Å²) >= 11 is 1.66. The minimum Gasteiger partial charge on any atom is -0.368 e. The van der Waals surface area contributed by atoms with E-state index in [-0.39, 0.29) is 5.43 Å². The fourth-order valence-electron chi connectivity index (χ4n) is 2.54. The summed E-state index contributed by atoms with van der Waals surface area (Å²) < 4.78 is 2.05. The lowest BCUT2D eigenvalue weighted by atomic mass is 10.1. The Morgan fingerprint density at radius 2 is 1.90 bits per heavy atom. The molecule has 1 aliphatic rings. The molecule has 4 heteroatoms. The standard InChI is InChI=1S/C16H12N2OS/c19-15-11-3-1-2-4-13(11)20-14-9-10(5-6-12(14)15)16-17-7-8-18-16/h1-6,9H,7-8H2,(H,17,18). The molecule has 0 saturated carbocycles. The number of hydrogen-bond donors (Lipinski definition) is 1. The molecule has 0 aliphatic carbocycles. The van der Waals surface area contributed by atoms with Crippen LogP contribution >= 0.6 is 11.3 Å². The van der Waals surface area contributed by atoms with Gasteiger partial charge in [0, 0.05) is 32.3 Å². The highest BCUT2D eigenvalue weighted by atomic mass is 32.1. The molecule has 1 N–H and O–H groups in total. The van der Waals surface area contributed by atoms with Crippen molar-refractivity contribution >= 4 is 37.3 Å². The number of aliphatic imine (C=N–C) groups is 1. The number of amidine groups is 1. The Morgan fingerprint density at radius 1 is 1.05 bits per heavy atom. The van der Waals surface area contributed by atoms with Gasteiger partial charge in [0.1, 0.15) is 5.84 Å². The topological polar surface area (TPSA) is 41.5 Å². The van der Waals surface area contributed by atoms with Crippen LogP contribution in [0.5, 0.6) is 0 Å². The molecule has 0 spiro atoms. The van der Waals surface area contributed by atoms with E-state index in [1.54, 1.807) is 11.3 Å². The predicted molar refractivity (Wildman–Crippen MR) is 85.0 cm³/mol. The number of benzene rings is 2. The predicted octanol–water partition coefficient (Wildman–Crippen LogP) is 2.76. The van der Waals surface area contributed by atoms with E-state index >= 15 is 0 Å². The van der Waals surface area contributed by atoms with Crippen LogP contribution in [0.25, 0.3) is 20.2 Å². The fraction of sp³-hybridized carbons (Fsp3) is 0.125. The van der Waals surface area contributed by atoms with Crippen molar-refractivity contribution in [3.63, 3.8) is 0 Å². The Balaban J connectivity index is 2.03. The molecular weight excluding hydrogens is 268 g/mol. The van der Waals surface area contributed by atoms with Gasteiger partial charge >= 0.3 is 0 Å². The number of nitrogens with one attached hydrogen (secondary N) is 1. The van der Waals surface area contributed by atoms with E-state index in [1.165, 1.54) is 0 Å². The van der Waals surface area contributed by atoms with Crippen molar-refractivity contribution in [2.75, 3.05) is 13.1 Å². The van der Waals surface area contributed by atoms with Crippen LogP contribution in [-0.4, -0.2) is 18.9 Å². The SMILES string of the molecule is O=c1c2ccccc2sc2cc(C3=NCCN3)ccc12. The zero-order valence-corrected chi connectivity index (χ0v) is 11.5. The third-order valence-electron chi connectivity index (χ3n) is 3.53. The maximum Gasteiger partial charge on any atom is 0.195 e. The van der Waals surface area contributed by atoms with E-state index in [1.807, 2.05) is 36.4 Å². The van der Waals surface area contributed by atoms with Crippen molar-refractivity contribution in [3.8, 4) is 0 Å². The number of fused-ring (bicyclic) bond motifs is 2. The molecule has 2 aromatic carbocycles. The number of rotatable bonds is 1. The molecule has 0 unspecified atom stereocenters. The van der Waals surface area contributed by atoms with Crippen molar-refractivity contribution in [2.24, 2.45) is 4.99 Å². The van der Waals surface area contributed by atoms with Crippen molar-refractivity contribution in [1.82, 2.24) is 5.32 Å². The molecule has 0 bridgehead atoms. The zero-order chi connectivity index (χ0) is 13.5. The Labute approximate surface area is 119 Å². The van der Waals surface area contributed by atoms with Crippen molar-refractivity contribution in [1.29, 1.82) is 0 Å². The summed E-state index contributed by atoms with van der Waals surface area (Å²) in [5.74, 6) is 0.930. The molecular formula is C16H12N2OS. The van der Waals surface area contributed by atoms with Crippen molar-refractivity contribution in [2.45, 2.75) is 0 Å². The second kappa shape index (κ2) is 4.42. The molecule has 0 amide bonds. The van der Waals surface area contributed by atoms with E-state index in [0.29, 0.717) is 0 Å². The van der Waals surface area contributed by atoms with Crippen LogP contribution < -0.4 is 10.7 Å². The zero-order valence-electron chi connectivity index (χ0n) is 10.7. The molecule has 1 aliphatic heterocycles. The van der Waals surface area contributed by atoms with Crippen LogP contribution in [0, 0.1) is 0 Å². The average molecular weight is 280 g/mol. The van der Waals surface area contributed by atoms with Crippen LogP contribution in [-0.2, 0) is 0 Å². The van der Waals surface area contributed by atoms with Gasteiger partial charge in [-0.3, -0.25) is 9.79 Å².